The second-order valence-electron chi connectivity index (χ2n) is 6.22. The molecule has 0 bridgehead atoms. The molecule has 3 N–H and O–H groups in total. The molecule has 1 heterocycles. The van der Waals surface area contributed by atoms with Crippen LogP contribution in [0.3, 0.4) is 0 Å². The Balaban J connectivity index is 1.62. The predicted molar refractivity (Wildman–Crippen MR) is 103 cm³/mol. The third kappa shape index (κ3) is 4.69. The third-order valence-electron chi connectivity index (χ3n) is 4.43. The van der Waals surface area contributed by atoms with Crippen LogP contribution in [-0.4, -0.2) is 32.8 Å². The van der Waals surface area contributed by atoms with Crippen molar-refractivity contribution in [3.8, 4) is 17.2 Å². The van der Waals surface area contributed by atoms with E-state index in [1.54, 1.807) is 32.4 Å². The number of anilines is 1. The van der Waals surface area contributed by atoms with Crippen LogP contribution in [0.4, 0.5) is 5.69 Å². The zero-order chi connectivity index (χ0) is 19.2. The zero-order valence-corrected chi connectivity index (χ0v) is 15.7. The summed E-state index contributed by atoms with van der Waals surface area (Å²) in [6.45, 7) is 2.59. The lowest BCUT2D eigenvalue weighted by molar-refractivity contribution is -0.117. The maximum atomic E-state index is 12.6. The largest absolute Gasteiger partial charge is 0.497 e. The molecule has 0 saturated carbocycles. The molecule has 1 fully saturated rings. The van der Waals surface area contributed by atoms with E-state index < -0.39 is 0 Å². The van der Waals surface area contributed by atoms with Crippen LogP contribution in [0.2, 0.25) is 0 Å². The minimum Gasteiger partial charge on any atom is -0.497 e. The summed E-state index contributed by atoms with van der Waals surface area (Å²) in [5, 5.41) is 2.91. The van der Waals surface area contributed by atoms with E-state index in [9.17, 15) is 4.79 Å². The van der Waals surface area contributed by atoms with Gasteiger partial charge in [-0.2, -0.15) is 0 Å². The second-order valence-corrected chi connectivity index (χ2v) is 6.22. The number of amides is 1. The summed E-state index contributed by atoms with van der Waals surface area (Å²) in [7, 11) is 3.15. The Morgan fingerprint density at radius 3 is 2.30 bits per heavy atom. The van der Waals surface area contributed by atoms with Gasteiger partial charge < -0.3 is 19.5 Å². The minimum absolute atomic E-state index is 0.0521. The van der Waals surface area contributed by atoms with Gasteiger partial charge in [0.15, 0.2) is 0 Å². The van der Waals surface area contributed by atoms with Crippen LogP contribution in [-0.2, 0) is 4.79 Å². The Kier molecular flexibility index (Phi) is 6.16. The fourth-order valence-corrected chi connectivity index (χ4v) is 3.02. The summed E-state index contributed by atoms with van der Waals surface area (Å²) >= 11 is 0. The fourth-order valence-electron chi connectivity index (χ4n) is 3.02. The van der Waals surface area contributed by atoms with Gasteiger partial charge in [0.1, 0.15) is 23.3 Å². The van der Waals surface area contributed by atoms with E-state index in [4.69, 9.17) is 14.2 Å². The van der Waals surface area contributed by atoms with Crippen molar-refractivity contribution in [3.63, 3.8) is 0 Å². The molecule has 2 unspecified atom stereocenters. The van der Waals surface area contributed by atoms with E-state index in [-0.39, 0.29) is 18.0 Å². The van der Waals surface area contributed by atoms with Crippen LogP contribution < -0.4 is 30.4 Å². The third-order valence-corrected chi connectivity index (χ3v) is 4.43. The van der Waals surface area contributed by atoms with Crippen molar-refractivity contribution in [2.75, 3.05) is 26.1 Å². The Labute approximate surface area is 159 Å². The lowest BCUT2D eigenvalue weighted by atomic mass is 10.0. The molecule has 3 rings (SSSR count). The first-order valence-corrected chi connectivity index (χ1v) is 8.90. The highest BCUT2D eigenvalue weighted by Crippen LogP contribution is 2.28. The van der Waals surface area contributed by atoms with Crippen LogP contribution in [0.1, 0.15) is 24.9 Å². The van der Waals surface area contributed by atoms with Gasteiger partial charge in [-0.25, -0.2) is 10.9 Å². The highest BCUT2D eigenvalue weighted by atomic mass is 16.5. The van der Waals surface area contributed by atoms with Crippen LogP contribution >= 0.6 is 0 Å². The number of hydrazine groups is 1. The summed E-state index contributed by atoms with van der Waals surface area (Å²) in [6, 6.07) is 12.9. The van der Waals surface area contributed by atoms with Crippen molar-refractivity contribution >= 4 is 11.6 Å². The maximum absolute atomic E-state index is 12.6. The minimum atomic E-state index is -0.348. The molecule has 0 aliphatic carbocycles. The summed E-state index contributed by atoms with van der Waals surface area (Å²) in [4.78, 5) is 12.6. The molecular formula is C20H25N3O4. The van der Waals surface area contributed by atoms with Gasteiger partial charge in [-0.15, -0.1) is 0 Å². The van der Waals surface area contributed by atoms with Crippen molar-refractivity contribution < 1.29 is 19.0 Å². The number of methoxy groups -OCH3 is 2. The van der Waals surface area contributed by atoms with Gasteiger partial charge in [0.05, 0.1) is 20.8 Å². The highest BCUT2D eigenvalue weighted by Gasteiger charge is 2.30. The molecule has 7 nitrogen and oxygen atoms in total. The zero-order valence-electron chi connectivity index (χ0n) is 15.7. The van der Waals surface area contributed by atoms with Crippen LogP contribution in [0.5, 0.6) is 17.2 Å². The number of benzene rings is 2. The molecule has 7 heteroatoms. The number of hydrogen-bond acceptors (Lipinski definition) is 6. The quantitative estimate of drug-likeness (QED) is 0.694. The molecule has 27 heavy (non-hydrogen) atoms. The average Bonchev–Trinajstić information content (AvgIpc) is 3.19. The lowest BCUT2D eigenvalue weighted by Crippen LogP contribution is -2.39. The molecule has 1 aliphatic rings. The fraction of sp³-hybridized carbons (Fsp3) is 0.350. The summed E-state index contributed by atoms with van der Waals surface area (Å²) in [5.41, 5.74) is 7.98. The van der Waals surface area contributed by atoms with Gasteiger partial charge in [0.2, 0.25) is 5.91 Å². The van der Waals surface area contributed by atoms with Crippen molar-refractivity contribution in [2.24, 2.45) is 0 Å². The first kappa shape index (κ1) is 19.0. The molecule has 0 spiro atoms. The Bertz CT molecular complexity index is 757. The lowest BCUT2D eigenvalue weighted by Gasteiger charge is -2.13. The molecule has 0 radical (unpaired) electrons. The maximum Gasteiger partial charge on any atom is 0.242 e. The number of rotatable bonds is 7. The molecule has 0 aromatic heterocycles. The predicted octanol–water partition coefficient (Wildman–Crippen LogP) is 2.65. The van der Waals surface area contributed by atoms with E-state index in [1.165, 1.54) is 0 Å². The molecule has 2 aromatic rings. The van der Waals surface area contributed by atoms with E-state index in [2.05, 4.69) is 16.2 Å². The monoisotopic (exact) mass is 371 g/mol. The average molecular weight is 371 g/mol. The number of ether oxygens (including phenoxy) is 3. The van der Waals surface area contributed by atoms with Gasteiger partial charge in [-0.1, -0.05) is 12.1 Å². The smallest absolute Gasteiger partial charge is 0.242 e. The van der Waals surface area contributed by atoms with Gasteiger partial charge in [0, 0.05) is 29.9 Å². The number of carbonyl (C=O) groups is 1. The van der Waals surface area contributed by atoms with Crippen molar-refractivity contribution in [3.05, 3.63) is 48.0 Å². The second kappa shape index (κ2) is 8.75. The Morgan fingerprint density at radius 1 is 1.04 bits per heavy atom. The van der Waals surface area contributed by atoms with Crippen molar-refractivity contribution in [1.29, 1.82) is 0 Å². The van der Waals surface area contributed by atoms with Crippen molar-refractivity contribution in [2.45, 2.75) is 25.4 Å². The van der Waals surface area contributed by atoms with Crippen molar-refractivity contribution in [1.82, 2.24) is 10.9 Å². The van der Waals surface area contributed by atoms with E-state index in [1.807, 2.05) is 31.2 Å². The normalized spacial score (nSPS) is 18.8. The Morgan fingerprint density at radius 2 is 1.70 bits per heavy atom. The number of nitrogens with one attached hydrogen (secondary N) is 3. The van der Waals surface area contributed by atoms with Gasteiger partial charge >= 0.3 is 0 Å². The van der Waals surface area contributed by atoms with Gasteiger partial charge in [-0.3, -0.25) is 4.79 Å². The van der Waals surface area contributed by atoms with E-state index >= 15 is 0 Å². The molecule has 1 amide bonds. The van der Waals surface area contributed by atoms with E-state index in [0.717, 1.165) is 11.3 Å². The molecule has 2 atom stereocenters. The highest BCUT2D eigenvalue weighted by molar-refractivity contribution is 5.95. The van der Waals surface area contributed by atoms with Crippen LogP contribution in [0.25, 0.3) is 0 Å². The molecule has 1 saturated heterocycles. The first-order chi connectivity index (χ1) is 13.1. The number of hydrogen-bond donors (Lipinski definition) is 3. The van der Waals surface area contributed by atoms with Crippen LogP contribution in [0.15, 0.2) is 42.5 Å². The summed E-state index contributed by atoms with van der Waals surface area (Å²) < 4.78 is 15.9. The summed E-state index contributed by atoms with van der Waals surface area (Å²) in [5.74, 6) is 1.96. The molecule has 144 valence electrons. The van der Waals surface area contributed by atoms with Gasteiger partial charge in [-0.05, 0) is 31.0 Å². The van der Waals surface area contributed by atoms with Crippen LogP contribution in [0, 0.1) is 0 Å². The summed E-state index contributed by atoms with van der Waals surface area (Å²) in [6.07, 6.45) is 0.640. The number of carbonyl (C=O) groups excluding carboxylic acids is 1. The Hall–Kier alpha value is -2.77. The topological polar surface area (TPSA) is 80.9 Å². The van der Waals surface area contributed by atoms with E-state index in [0.29, 0.717) is 30.2 Å². The van der Waals surface area contributed by atoms with Gasteiger partial charge in [0.25, 0.3) is 0 Å². The standard InChI is InChI=1S/C20H25N3O4/c1-4-27-15-7-5-13(6-8-15)18-12-19(23-22-18)20(24)21-14-9-16(25-2)11-17(10-14)26-3/h5-11,18-19,22-23H,4,12H2,1-3H3,(H,21,24). The molecular weight excluding hydrogens is 346 g/mol. The first-order valence-electron chi connectivity index (χ1n) is 8.90. The SMILES string of the molecule is CCOc1ccc(C2CC(C(=O)Nc3cc(OC)cc(OC)c3)NN2)cc1. The molecule has 2 aromatic carbocycles. The molecule has 1 aliphatic heterocycles.